The third-order valence-electron chi connectivity index (χ3n) is 9.56. The van der Waals surface area contributed by atoms with Crippen LogP contribution in [0.3, 0.4) is 0 Å². The lowest BCUT2D eigenvalue weighted by Crippen LogP contribution is -2.61. The maximum atomic E-state index is 7.25. The van der Waals surface area contributed by atoms with Crippen molar-refractivity contribution in [3.05, 3.63) is 84.7 Å². The molecule has 9 rings (SSSR count). The molecular formula is C32H26N4O. The normalized spacial score (nSPS) is 28.6. The summed E-state index contributed by atoms with van der Waals surface area (Å²) in [5.41, 5.74) is 6.90. The molecular weight excluding hydrogens is 456 g/mol. The SMILES string of the molecule is C1=Nc2cc(-c3ccccc3)c3ncccc3c2OC12Nc1cc3[nH]ccc3cc1C21CC2CCC1C2. The number of benzene rings is 3. The number of anilines is 1. The van der Waals surface area contributed by atoms with Crippen LogP contribution in [0.1, 0.15) is 31.2 Å². The minimum atomic E-state index is -0.710. The van der Waals surface area contributed by atoms with Gasteiger partial charge in [-0.1, -0.05) is 36.8 Å². The van der Waals surface area contributed by atoms with E-state index in [0.717, 1.165) is 51.3 Å². The van der Waals surface area contributed by atoms with Crippen molar-refractivity contribution in [3.63, 3.8) is 0 Å². The Morgan fingerprint density at radius 3 is 2.78 bits per heavy atom. The Morgan fingerprint density at radius 1 is 0.973 bits per heavy atom. The Bertz CT molecular complexity index is 1770. The lowest BCUT2D eigenvalue weighted by atomic mass is 9.63. The molecule has 180 valence electrons. The van der Waals surface area contributed by atoms with Crippen molar-refractivity contribution < 1.29 is 4.74 Å². The number of ether oxygens (including phenoxy) is 1. The average molecular weight is 483 g/mol. The first-order valence-corrected chi connectivity index (χ1v) is 13.4. The van der Waals surface area contributed by atoms with Gasteiger partial charge in [0.2, 0.25) is 5.72 Å². The molecule has 2 fully saturated rings. The highest BCUT2D eigenvalue weighted by Crippen LogP contribution is 2.67. The number of pyridine rings is 1. The fourth-order valence-electron chi connectivity index (χ4n) is 8.06. The van der Waals surface area contributed by atoms with E-state index in [1.54, 1.807) is 0 Å². The molecule has 2 aromatic heterocycles. The number of hydrogen-bond acceptors (Lipinski definition) is 4. The summed E-state index contributed by atoms with van der Waals surface area (Å²) in [4.78, 5) is 13.4. The number of rotatable bonds is 1. The highest BCUT2D eigenvalue weighted by atomic mass is 16.5. The molecule has 2 bridgehead atoms. The quantitative estimate of drug-likeness (QED) is 0.262. The molecule has 0 saturated heterocycles. The van der Waals surface area contributed by atoms with Gasteiger partial charge in [-0.15, -0.1) is 0 Å². The Hall–Kier alpha value is -4.12. The molecule has 2 N–H and O–H groups in total. The van der Waals surface area contributed by atoms with Gasteiger partial charge in [-0.3, -0.25) is 9.98 Å². The fraction of sp³-hybridized carbons (Fsp3) is 0.250. The van der Waals surface area contributed by atoms with Gasteiger partial charge >= 0.3 is 0 Å². The molecule has 2 spiro atoms. The summed E-state index contributed by atoms with van der Waals surface area (Å²) in [7, 11) is 0. The predicted molar refractivity (Wildman–Crippen MR) is 148 cm³/mol. The zero-order valence-electron chi connectivity index (χ0n) is 20.4. The van der Waals surface area contributed by atoms with E-state index in [9.17, 15) is 0 Å². The highest BCUT2D eigenvalue weighted by molar-refractivity contribution is 6.03. The smallest absolute Gasteiger partial charge is 0.227 e. The number of aromatic nitrogens is 2. The van der Waals surface area contributed by atoms with Crippen LogP contribution in [-0.2, 0) is 5.41 Å². The summed E-state index contributed by atoms with van der Waals surface area (Å²) in [6, 6.07) is 23.5. The van der Waals surface area contributed by atoms with Crippen LogP contribution in [0.4, 0.5) is 11.4 Å². The zero-order chi connectivity index (χ0) is 24.2. The number of aromatic amines is 1. The van der Waals surface area contributed by atoms with Crippen LogP contribution >= 0.6 is 0 Å². The number of nitrogens with zero attached hydrogens (tertiary/aromatic N) is 2. The number of nitrogens with one attached hydrogen (secondary N) is 2. The van der Waals surface area contributed by atoms with E-state index in [-0.39, 0.29) is 5.41 Å². The van der Waals surface area contributed by atoms with E-state index in [1.807, 2.05) is 24.5 Å². The van der Waals surface area contributed by atoms with Crippen LogP contribution in [0.2, 0.25) is 0 Å². The van der Waals surface area contributed by atoms with E-state index in [4.69, 9.17) is 14.7 Å². The molecule has 4 unspecified atom stereocenters. The van der Waals surface area contributed by atoms with Crippen LogP contribution in [0.5, 0.6) is 5.75 Å². The predicted octanol–water partition coefficient (Wildman–Crippen LogP) is 7.36. The minimum Gasteiger partial charge on any atom is -0.459 e. The summed E-state index contributed by atoms with van der Waals surface area (Å²) in [5.74, 6) is 2.15. The molecule has 2 aliphatic carbocycles. The monoisotopic (exact) mass is 482 g/mol. The average Bonchev–Trinajstić information content (AvgIpc) is 3.72. The van der Waals surface area contributed by atoms with Gasteiger partial charge in [0.25, 0.3) is 0 Å². The summed E-state index contributed by atoms with van der Waals surface area (Å²) < 4.78 is 7.25. The minimum absolute atomic E-state index is 0.134. The molecule has 4 atom stereocenters. The van der Waals surface area contributed by atoms with Gasteiger partial charge in [0, 0.05) is 34.5 Å². The zero-order valence-corrected chi connectivity index (χ0v) is 20.4. The van der Waals surface area contributed by atoms with Crippen molar-refractivity contribution >= 4 is 39.4 Å². The summed E-state index contributed by atoms with van der Waals surface area (Å²) in [6.07, 6.45) is 11.0. The number of H-pyrrole nitrogens is 1. The molecule has 0 amide bonds. The van der Waals surface area contributed by atoms with Crippen molar-refractivity contribution in [1.82, 2.24) is 9.97 Å². The second-order valence-corrected chi connectivity index (χ2v) is 11.3. The molecule has 5 heteroatoms. The maximum absolute atomic E-state index is 7.25. The van der Waals surface area contributed by atoms with E-state index in [1.165, 1.54) is 35.9 Å². The largest absolute Gasteiger partial charge is 0.459 e. The number of fused-ring (bicyclic) bond motifs is 10. The number of hydrogen-bond donors (Lipinski definition) is 2. The molecule has 4 aliphatic rings. The third kappa shape index (κ3) is 2.45. The highest BCUT2D eigenvalue weighted by Gasteiger charge is 2.68. The van der Waals surface area contributed by atoms with Gasteiger partial charge in [0.1, 0.15) is 5.69 Å². The fourth-order valence-corrected chi connectivity index (χ4v) is 8.06. The van der Waals surface area contributed by atoms with Gasteiger partial charge in [0.15, 0.2) is 5.75 Å². The van der Waals surface area contributed by atoms with Crippen molar-refractivity contribution in [3.8, 4) is 16.9 Å². The summed E-state index contributed by atoms with van der Waals surface area (Å²) in [6.45, 7) is 0. The second kappa shape index (κ2) is 6.80. The van der Waals surface area contributed by atoms with Gasteiger partial charge in [-0.05, 0) is 84.0 Å². The van der Waals surface area contributed by atoms with Crippen molar-refractivity contribution in [1.29, 1.82) is 0 Å². The topological polar surface area (TPSA) is 62.3 Å². The molecule has 37 heavy (non-hydrogen) atoms. The first-order chi connectivity index (χ1) is 18.2. The van der Waals surface area contributed by atoms with Crippen LogP contribution < -0.4 is 10.1 Å². The van der Waals surface area contributed by atoms with E-state index in [0.29, 0.717) is 5.92 Å². The molecule has 4 heterocycles. The van der Waals surface area contributed by atoms with E-state index in [2.05, 4.69) is 71.1 Å². The van der Waals surface area contributed by atoms with Crippen molar-refractivity contribution in [2.24, 2.45) is 16.8 Å². The van der Waals surface area contributed by atoms with Crippen LogP contribution in [0.25, 0.3) is 32.9 Å². The number of aliphatic imine (C=N–C) groups is 1. The molecule has 2 saturated carbocycles. The lowest BCUT2D eigenvalue weighted by Gasteiger charge is -2.47. The van der Waals surface area contributed by atoms with Gasteiger partial charge in [-0.25, -0.2) is 0 Å². The van der Waals surface area contributed by atoms with Gasteiger partial charge in [0.05, 0.1) is 17.1 Å². The second-order valence-electron chi connectivity index (χ2n) is 11.3. The maximum Gasteiger partial charge on any atom is 0.227 e. The Morgan fingerprint density at radius 2 is 1.92 bits per heavy atom. The Labute approximate surface area is 214 Å². The van der Waals surface area contributed by atoms with Crippen LogP contribution in [-0.4, -0.2) is 21.9 Å². The Balaban J connectivity index is 1.27. The van der Waals surface area contributed by atoms with Crippen molar-refractivity contribution in [2.45, 2.75) is 36.8 Å². The van der Waals surface area contributed by atoms with Gasteiger partial charge in [-0.2, -0.15) is 0 Å². The molecule has 5 nitrogen and oxygen atoms in total. The van der Waals surface area contributed by atoms with Crippen LogP contribution in [0.15, 0.2) is 84.1 Å². The molecule has 5 aromatic rings. The van der Waals surface area contributed by atoms with Crippen molar-refractivity contribution in [2.75, 3.05) is 5.32 Å². The summed E-state index contributed by atoms with van der Waals surface area (Å²) in [5, 5.41) is 6.16. The third-order valence-corrected chi connectivity index (χ3v) is 9.56. The van der Waals surface area contributed by atoms with E-state index >= 15 is 0 Å². The first kappa shape index (κ1) is 20.0. The molecule has 2 aliphatic heterocycles. The van der Waals surface area contributed by atoms with Crippen LogP contribution in [0, 0.1) is 11.8 Å². The van der Waals surface area contributed by atoms with Gasteiger partial charge < -0.3 is 15.0 Å². The molecule has 0 radical (unpaired) electrons. The molecule has 3 aromatic carbocycles. The first-order valence-electron chi connectivity index (χ1n) is 13.4. The summed E-state index contributed by atoms with van der Waals surface area (Å²) >= 11 is 0. The standard InChI is InChI=1S/C32H26N4O/c1-2-5-20(6-3-1)24-15-28-30(23-7-4-11-34-29(23)24)37-32(18-35-28)31(17-19-8-9-22(31)13-19)25-14-21-10-12-33-26(21)16-27(25)36-32/h1-7,10-12,14-16,18-19,22,33,36H,8-9,13,17H2. The Kier molecular flexibility index (Phi) is 3.67. The lowest BCUT2D eigenvalue weighted by molar-refractivity contribution is 0.0494. The van der Waals surface area contributed by atoms with E-state index < -0.39 is 5.72 Å².